The third-order valence-electron chi connectivity index (χ3n) is 12.8. The van der Waals surface area contributed by atoms with Crippen molar-refractivity contribution in [2.45, 2.75) is 34.5 Å². The van der Waals surface area contributed by atoms with Gasteiger partial charge in [0.15, 0.2) is 17.5 Å². The minimum atomic E-state index is -0.490. The van der Waals surface area contributed by atoms with Gasteiger partial charge in [0, 0.05) is 31.9 Å². The monoisotopic (exact) mass is 771 g/mol. The molecule has 1 aliphatic heterocycles. The lowest BCUT2D eigenvalue weighted by atomic mass is 9.54. The Labute approximate surface area is 347 Å². The van der Waals surface area contributed by atoms with Gasteiger partial charge < -0.3 is 0 Å². The standard InChI is InChI=1S/C55H37N3S/c1-54(2)43-22-10-11-23-44(43)55(46-24-12-14-26-49(46)59-50-27-15-13-25-47(50)55)45-31-29-36(33-48(45)54)53-57-51(34-16-4-3-5-17-34)56-52(58-53)35-28-30-41-39-20-7-6-18-37(39)38-19-8-9-21-40(38)42(41)32-35/h3-33H,1-2H3. The van der Waals surface area contributed by atoms with Crippen molar-refractivity contribution >= 4 is 44.1 Å². The van der Waals surface area contributed by atoms with Crippen molar-refractivity contribution < 1.29 is 0 Å². The molecule has 59 heavy (non-hydrogen) atoms. The Bertz CT molecular complexity index is 3270. The molecule has 0 unspecified atom stereocenters. The second-order valence-corrected chi connectivity index (χ2v) is 17.4. The smallest absolute Gasteiger partial charge is 0.164 e. The third kappa shape index (κ3) is 4.93. The van der Waals surface area contributed by atoms with Gasteiger partial charge in [0.1, 0.15) is 0 Å². The molecule has 0 fully saturated rings. The first-order valence-corrected chi connectivity index (χ1v) is 21.1. The molecule has 0 radical (unpaired) electrons. The van der Waals surface area contributed by atoms with Crippen molar-refractivity contribution in [3.63, 3.8) is 0 Å². The fourth-order valence-electron chi connectivity index (χ4n) is 10.1. The van der Waals surface area contributed by atoms with Gasteiger partial charge in [-0.1, -0.05) is 189 Å². The van der Waals surface area contributed by atoms with Crippen LogP contribution in [0.1, 0.15) is 47.2 Å². The lowest BCUT2D eigenvalue weighted by Crippen LogP contribution is -2.43. The number of hydrogen-bond donors (Lipinski definition) is 0. The molecule has 1 spiro atoms. The van der Waals surface area contributed by atoms with Gasteiger partial charge in [0.25, 0.3) is 0 Å². The van der Waals surface area contributed by atoms with E-state index in [0.29, 0.717) is 17.5 Å². The molecular formula is C55H37N3S. The van der Waals surface area contributed by atoms with E-state index in [4.69, 9.17) is 15.0 Å². The average Bonchev–Trinajstić information content (AvgIpc) is 3.30. The summed E-state index contributed by atoms with van der Waals surface area (Å²) >= 11 is 1.87. The van der Waals surface area contributed by atoms with E-state index in [1.807, 2.05) is 30.0 Å². The minimum Gasteiger partial charge on any atom is -0.208 e. The van der Waals surface area contributed by atoms with Crippen LogP contribution in [-0.2, 0) is 10.8 Å². The van der Waals surface area contributed by atoms with Crippen molar-refractivity contribution in [2.24, 2.45) is 0 Å². The van der Waals surface area contributed by atoms with Crippen molar-refractivity contribution in [2.75, 3.05) is 0 Å². The van der Waals surface area contributed by atoms with Crippen LogP contribution < -0.4 is 0 Å². The first kappa shape index (κ1) is 34.2. The second-order valence-electron chi connectivity index (χ2n) is 16.3. The molecule has 4 heteroatoms. The van der Waals surface area contributed by atoms with Gasteiger partial charge in [-0.05, 0) is 90.0 Å². The molecule has 2 heterocycles. The molecule has 0 saturated heterocycles. The van der Waals surface area contributed by atoms with Crippen molar-refractivity contribution in [3.05, 3.63) is 221 Å². The summed E-state index contributed by atoms with van der Waals surface area (Å²) in [6.07, 6.45) is 0. The summed E-state index contributed by atoms with van der Waals surface area (Å²) in [6.45, 7) is 4.74. The van der Waals surface area contributed by atoms with Crippen LogP contribution in [-0.4, -0.2) is 15.0 Å². The molecule has 0 bridgehead atoms. The highest BCUT2D eigenvalue weighted by molar-refractivity contribution is 7.99. The Morgan fingerprint density at radius 1 is 0.322 bits per heavy atom. The Hall–Kier alpha value is -6.88. The first-order valence-electron chi connectivity index (χ1n) is 20.3. The van der Waals surface area contributed by atoms with Crippen LogP contribution in [0.5, 0.6) is 0 Å². The molecule has 278 valence electrons. The zero-order chi connectivity index (χ0) is 39.3. The van der Waals surface area contributed by atoms with Gasteiger partial charge in [0.05, 0.1) is 5.41 Å². The molecule has 0 amide bonds. The Kier molecular flexibility index (Phi) is 7.42. The predicted octanol–water partition coefficient (Wildman–Crippen LogP) is 13.8. The topological polar surface area (TPSA) is 38.7 Å². The van der Waals surface area contributed by atoms with E-state index in [1.54, 1.807) is 0 Å². The predicted molar refractivity (Wildman–Crippen MR) is 243 cm³/mol. The van der Waals surface area contributed by atoms with Gasteiger partial charge in [0.2, 0.25) is 0 Å². The Morgan fingerprint density at radius 3 is 1.36 bits per heavy atom. The zero-order valence-electron chi connectivity index (χ0n) is 32.6. The number of benzene rings is 9. The molecule has 12 rings (SSSR count). The first-order chi connectivity index (χ1) is 29.0. The summed E-state index contributed by atoms with van der Waals surface area (Å²) in [7, 11) is 0. The molecule has 9 aromatic carbocycles. The maximum absolute atomic E-state index is 5.34. The van der Waals surface area contributed by atoms with Crippen molar-refractivity contribution in [1.29, 1.82) is 0 Å². The van der Waals surface area contributed by atoms with Gasteiger partial charge in [-0.15, -0.1) is 0 Å². The maximum atomic E-state index is 5.34. The number of rotatable bonds is 3. The van der Waals surface area contributed by atoms with Gasteiger partial charge in [-0.3, -0.25) is 0 Å². The summed E-state index contributed by atoms with van der Waals surface area (Å²) < 4.78 is 0. The average molecular weight is 772 g/mol. The minimum absolute atomic E-state index is 0.304. The fraction of sp³-hybridized carbons (Fsp3) is 0.0727. The van der Waals surface area contributed by atoms with Crippen molar-refractivity contribution in [1.82, 2.24) is 15.0 Å². The van der Waals surface area contributed by atoms with E-state index < -0.39 is 5.41 Å². The highest BCUT2D eigenvalue weighted by Gasteiger charge is 2.52. The molecule has 0 saturated carbocycles. The summed E-state index contributed by atoms with van der Waals surface area (Å²) in [4.78, 5) is 18.4. The SMILES string of the molecule is CC1(C)c2ccccc2C2(c3ccccc3Sc3ccccc32)c2ccc(-c3nc(-c4ccccc4)nc(-c4ccc5c6ccccc6c6ccccc6c5c4)n3)cc21. The quantitative estimate of drug-likeness (QED) is 0.168. The highest BCUT2D eigenvalue weighted by Crippen LogP contribution is 2.61. The normalized spacial score (nSPS) is 14.5. The molecule has 2 aliphatic rings. The van der Waals surface area contributed by atoms with E-state index in [0.717, 1.165) is 16.7 Å². The van der Waals surface area contributed by atoms with Crippen molar-refractivity contribution in [3.8, 4) is 34.2 Å². The third-order valence-corrected chi connectivity index (χ3v) is 14.0. The molecule has 0 N–H and O–H groups in total. The molecule has 10 aromatic rings. The highest BCUT2D eigenvalue weighted by atomic mass is 32.2. The van der Waals surface area contributed by atoms with E-state index in [9.17, 15) is 0 Å². The van der Waals surface area contributed by atoms with Gasteiger partial charge >= 0.3 is 0 Å². The number of aromatic nitrogens is 3. The lowest BCUT2D eigenvalue weighted by molar-refractivity contribution is 0.549. The van der Waals surface area contributed by atoms with Crippen LogP contribution in [0.3, 0.4) is 0 Å². The maximum Gasteiger partial charge on any atom is 0.164 e. The van der Waals surface area contributed by atoms with Crippen LogP contribution >= 0.6 is 11.8 Å². The number of fused-ring (bicyclic) bond motifs is 14. The van der Waals surface area contributed by atoms with Gasteiger partial charge in [-0.2, -0.15) is 0 Å². The lowest BCUT2D eigenvalue weighted by Gasteiger charge is -2.50. The number of nitrogens with zero attached hydrogens (tertiary/aromatic N) is 3. The summed E-state index contributed by atoms with van der Waals surface area (Å²) in [5.41, 5.74) is 9.99. The molecule has 3 nitrogen and oxygen atoms in total. The Morgan fingerprint density at radius 2 is 0.746 bits per heavy atom. The van der Waals surface area contributed by atoms with Crippen LogP contribution in [0.25, 0.3) is 66.5 Å². The van der Waals surface area contributed by atoms with Crippen LogP contribution in [0.15, 0.2) is 198 Å². The number of hydrogen-bond acceptors (Lipinski definition) is 4. The van der Waals surface area contributed by atoms with Crippen LogP contribution in [0, 0.1) is 0 Å². The summed E-state index contributed by atoms with van der Waals surface area (Å²) in [5.74, 6) is 1.96. The largest absolute Gasteiger partial charge is 0.208 e. The molecule has 0 atom stereocenters. The van der Waals surface area contributed by atoms with E-state index in [2.05, 4.69) is 184 Å². The zero-order valence-corrected chi connectivity index (χ0v) is 33.5. The fourth-order valence-corrected chi connectivity index (χ4v) is 11.3. The molecule has 1 aromatic heterocycles. The van der Waals surface area contributed by atoms with E-state index in [1.165, 1.54) is 75.5 Å². The summed E-state index contributed by atoms with van der Waals surface area (Å²) in [5, 5.41) is 7.37. The summed E-state index contributed by atoms with van der Waals surface area (Å²) in [6, 6.07) is 68.4. The molecule has 1 aliphatic carbocycles. The second kappa shape index (κ2) is 12.8. The Balaban J connectivity index is 1.10. The van der Waals surface area contributed by atoms with Gasteiger partial charge in [-0.25, -0.2) is 15.0 Å². The molecular weight excluding hydrogens is 735 g/mol. The van der Waals surface area contributed by atoms with E-state index in [-0.39, 0.29) is 5.41 Å². The van der Waals surface area contributed by atoms with Crippen LogP contribution in [0.4, 0.5) is 0 Å². The van der Waals surface area contributed by atoms with E-state index >= 15 is 0 Å². The van der Waals surface area contributed by atoms with Crippen LogP contribution in [0.2, 0.25) is 0 Å².